The maximum absolute atomic E-state index is 15.9. The molecule has 196 valence electrons. The largest absolute Gasteiger partial charge is 0.494 e. The smallest absolute Gasteiger partial charge is 0.197 e. The number of sulfone groups is 1. The Labute approximate surface area is 226 Å². The average molecular weight is 612 g/mol. The van der Waals surface area contributed by atoms with Crippen molar-refractivity contribution < 1.29 is 22.3 Å². The van der Waals surface area contributed by atoms with Gasteiger partial charge in [0, 0.05) is 23.5 Å². The molecule has 37 heavy (non-hydrogen) atoms. The molecule has 4 aromatic rings. The molecule has 3 heterocycles. The monoisotopic (exact) mass is 610 g/mol. The van der Waals surface area contributed by atoms with Crippen molar-refractivity contribution in [2.24, 2.45) is 0 Å². The van der Waals surface area contributed by atoms with Crippen LogP contribution in [0.25, 0.3) is 16.5 Å². The topological polar surface area (TPSA) is 122 Å². The van der Waals surface area contributed by atoms with E-state index in [1.165, 1.54) is 49.4 Å². The van der Waals surface area contributed by atoms with E-state index in [1.807, 2.05) is 12.3 Å². The zero-order valence-corrected chi connectivity index (χ0v) is 23.9. The molecule has 0 aliphatic heterocycles. The summed E-state index contributed by atoms with van der Waals surface area (Å²) < 4.78 is 56.2. The van der Waals surface area contributed by atoms with Gasteiger partial charge in [-0.3, -0.25) is 4.57 Å². The number of halogens is 2. The number of hydrogen-bond donors (Lipinski definition) is 0. The predicted molar refractivity (Wildman–Crippen MR) is 141 cm³/mol. The SMILES string of the molecule is COc1cccc(OC)c1-n1c(CS(=O)(=O)[C@H](C)[C@@](C)(F)c2ncc(Br)cn2)nnc1-c1nc(C)cs1. The van der Waals surface area contributed by atoms with Gasteiger partial charge in [-0.2, -0.15) is 0 Å². The van der Waals surface area contributed by atoms with Crippen LogP contribution >= 0.6 is 27.3 Å². The summed E-state index contributed by atoms with van der Waals surface area (Å²) in [5.41, 5.74) is -1.20. The number of thiazole rings is 1. The van der Waals surface area contributed by atoms with E-state index in [1.54, 1.807) is 18.2 Å². The van der Waals surface area contributed by atoms with Crippen molar-refractivity contribution in [2.75, 3.05) is 14.2 Å². The average Bonchev–Trinajstić information content (AvgIpc) is 3.48. The van der Waals surface area contributed by atoms with Crippen LogP contribution < -0.4 is 9.47 Å². The second kappa shape index (κ2) is 10.4. The Hall–Kier alpha value is -2.97. The molecule has 0 spiro atoms. The highest BCUT2D eigenvalue weighted by molar-refractivity contribution is 9.10. The molecule has 0 bridgehead atoms. The van der Waals surface area contributed by atoms with E-state index in [-0.39, 0.29) is 11.6 Å². The van der Waals surface area contributed by atoms with Crippen molar-refractivity contribution in [1.82, 2.24) is 29.7 Å². The maximum Gasteiger partial charge on any atom is 0.197 e. The van der Waals surface area contributed by atoms with Crippen LogP contribution in [0.1, 0.15) is 31.2 Å². The van der Waals surface area contributed by atoms with Gasteiger partial charge in [0.15, 0.2) is 38.0 Å². The number of para-hydroxylation sites is 1. The van der Waals surface area contributed by atoms with Crippen LogP contribution in [0.5, 0.6) is 11.5 Å². The summed E-state index contributed by atoms with van der Waals surface area (Å²) >= 11 is 4.53. The fourth-order valence-corrected chi connectivity index (χ4v) is 6.23. The number of benzene rings is 1. The van der Waals surface area contributed by atoms with E-state index in [0.29, 0.717) is 32.5 Å². The molecule has 0 saturated heterocycles. The fraction of sp³-hybridized carbons (Fsp3) is 0.348. The molecule has 0 amide bonds. The van der Waals surface area contributed by atoms with Crippen LogP contribution in [0.3, 0.4) is 0 Å². The van der Waals surface area contributed by atoms with Gasteiger partial charge in [0.1, 0.15) is 28.2 Å². The van der Waals surface area contributed by atoms with Gasteiger partial charge >= 0.3 is 0 Å². The fourth-order valence-electron chi connectivity index (χ4n) is 3.68. The van der Waals surface area contributed by atoms with E-state index in [2.05, 4.69) is 41.1 Å². The molecule has 14 heteroatoms. The Morgan fingerprint density at radius 1 is 1.16 bits per heavy atom. The lowest BCUT2D eigenvalue weighted by Gasteiger charge is -2.26. The Bertz CT molecular complexity index is 1500. The first-order valence-corrected chi connectivity index (χ1v) is 14.3. The molecular weight excluding hydrogens is 587 g/mol. The second-order valence-corrected chi connectivity index (χ2v) is 12.4. The highest BCUT2D eigenvalue weighted by Crippen LogP contribution is 2.38. The molecule has 0 saturated carbocycles. The lowest BCUT2D eigenvalue weighted by atomic mass is 10.0. The van der Waals surface area contributed by atoms with Gasteiger partial charge in [0.05, 0.1) is 18.7 Å². The first-order chi connectivity index (χ1) is 17.5. The zero-order valence-electron chi connectivity index (χ0n) is 20.6. The number of ether oxygens (including phenoxy) is 2. The van der Waals surface area contributed by atoms with E-state index < -0.39 is 26.5 Å². The number of aromatic nitrogens is 6. The summed E-state index contributed by atoms with van der Waals surface area (Å²) in [4.78, 5) is 12.4. The number of aryl methyl sites for hydroxylation is 1. The molecule has 0 aliphatic rings. The van der Waals surface area contributed by atoms with Gasteiger partial charge in [0.2, 0.25) is 0 Å². The lowest BCUT2D eigenvalue weighted by Crippen LogP contribution is -2.39. The zero-order chi connectivity index (χ0) is 27.0. The number of nitrogens with zero attached hydrogens (tertiary/aromatic N) is 6. The molecule has 3 aromatic heterocycles. The van der Waals surface area contributed by atoms with Gasteiger partial charge in [-0.1, -0.05) is 6.07 Å². The minimum absolute atomic E-state index is 0.0463. The number of alkyl halides is 1. The Morgan fingerprint density at radius 3 is 2.32 bits per heavy atom. The highest BCUT2D eigenvalue weighted by Gasteiger charge is 2.44. The van der Waals surface area contributed by atoms with Crippen molar-refractivity contribution >= 4 is 37.1 Å². The third-order valence-electron chi connectivity index (χ3n) is 5.86. The quantitative estimate of drug-likeness (QED) is 0.270. The van der Waals surface area contributed by atoms with Crippen molar-refractivity contribution in [1.29, 1.82) is 0 Å². The van der Waals surface area contributed by atoms with Crippen molar-refractivity contribution in [2.45, 2.75) is 37.4 Å². The summed E-state index contributed by atoms with van der Waals surface area (Å²) in [5, 5.41) is 9.32. The minimum Gasteiger partial charge on any atom is -0.494 e. The Morgan fingerprint density at radius 2 is 1.78 bits per heavy atom. The third-order valence-corrected chi connectivity index (χ3v) is 9.40. The molecule has 2 atom stereocenters. The minimum atomic E-state index is -4.15. The van der Waals surface area contributed by atoms with Gasteiger partial charge in [-0.15, -0.1) is 21.5 Å². The highest BCUT2D eigenvalue weighted by atomic mass is 79.9. The van der Waals surface area contributed by atoms with Crippen LogP contribution in [-0.2, 0) is 21.3 Å². The van der Waals surface area contributed by atoms with E-state index in [0.717, 1.165) is 12.6 Å². The third kappa shape index (κ3) is 5.22. The summed E-state index contributed by atoms with van der Waals surface area (Å²) in [7, 11) is -1.18. The van der Waals surface area contributed by atoms with Crippen LogP contribution in [0, 0.1) is 6.92 Å². The normalized spacial score (nSPS) is 14.2. The van der Waals surface area contributed by atoms with Crippen molar-refractivity contribution in [3.63, 3.8) is 0 Å². The van der Waals surface area contributed by atoms with Crippen LogP contribution in [0.15, 0.2) is 40.4 Å². The van der Waals surface area contributed by atoms with Crippen LogP contribution in [0.2, 0.25) is 0 Å². The maximum atomic E-state index is 15.9. The van der Waals surface area contributed by atoms with E-state index >= 15 is 4.39 Å². The molecule has 0 unspecified atom stereocenters. The first-order valence-electron chi connectivity index (χ1n) is 11.0. The van der Waals surface area contributed by atoms with Crippen molar-refractivity contribution in [3.05, 3.63) is 57.8 Å². The van der Waals surface area contributed by atoms with Crippen LogP contribution in [-0.4, -0.2) is 57.6 Å². The summed E-state index contributed by atoms with van der Waals surface area (Å²) in [6.45, 7) is 4.27. The lowest BCUT2D eigenvalue weighted by molar-refractivity contribution is 0.174. The molecular formula is C23H24BrFN6O4S2. The Balaban J connectivity index is 1.84. The summed E-state index contributed by atoms with van der Waals surface area (Å²) in [6, 6.07) is 5.16. The standard InChI is InChI=1S/C23H24BrFN6O4S2/c1-13-11-36-21(28-13)20-30-29-18(31(20)19-16(34-4)7-6-8-17(19)35-5)12-37(32,33)14(2)23(3,25)22-26-9-15(24)10-27-22/h6-11,14H,12H2,1-5H3/t14-,23-/m1/s1. The molecule has 0 aliphatic carbocycles. The molecule has 0 radical (unpaired) electrons. The second-order valence-electron chi connectivity index (χ2n) is 8.33. The van der Waals surface area contributed by atoms with Crippen molar-refractivity contribution in [3.8, 4) is 28.0 Å². The molecule has 10 nitrogen and oxygen atoms in total. The number of rotatable bonds is 9. The number of methoxy groups -OCH3 is 2. The summed E-state index contributed by atoms with van der Waals surface area (Å²) in [6.07, 6.45) is 2.73. The van der Waals surface area contributed by atoms with E-state index in [4.69, 9.17) is 9.47 Å². The van der Waals surface area contributed by atoms with Gasteiger partial charge in [-0.05, 0) is 48.8 Å². The Kier molecular flexibility index (Phi) is 7.62. The first kappa shape index (κ1) is 27.1. The summed E-state index contributed by atoms with van der Waals surface area (Å²) in [5.74, 6) is 0.294. The van der Waals surface area contributed by atoms with Crippen LogP contribution in [0.4, 0.5) is 4.39 Å². The van der Waals surface area contributed by atoms with Gasteiger partial charge in [-0.25, -0.2) is 27.8 Å². The predicted octanol–water partition coefficient (Wildman–Crippen LogP) is 4.46. The molecule has 1 aromatic carbocycles. The molecule has 0 fully saturated rings. The van der Waals surface area contributed by atoms with E-state index in [9.17, 15) is 8.42 Å². The van der Waals surface area contributed by atoms with Gasteiger partial charge < -0.3 is 9.47 Å². The van der Waals surface area contributed by atoms with Gasteiger partial charge in [0.25, 0.3) is 0 Å². The number of hydrogen-bond acceptors (Lipinski definition) is 10. The molecule has 0 N–H and O–H groups in total. The molecule has 4 rings (SSSR count).